The summed E-state index contributed by atoms with van der Waals surface area (Å²) in [7, 11) is 0. The fourth-order valence-electron chi connectivity index (χ4n) is 2.81. The quantitative estimate of drug-likeness (QED) is 0.570. The standard InChI is InChI=1S/C15H24B3N3/c1-7-10-13-19-16(4)20(14-11-8-2)18(6)21(17(19)5)15-12-9-3/h13-15H2,1-6H3. The summed E-state index contributed by atoms with van der Waals surface area (Å²) in [6, 6.07) is 0. The van der Waals surface area contributed by atoms with Gasteiger partial charge < -0.3 is 14.2 Å². The van der Waals surface area contributed by atoms with E-state index in [1.807, 2.05) is 20.8 Å². The van der Waals surface area contributed by atoms with E-state index in [1.54, 1.807) is 0 Å². The molecule has 0 amide bonds. The zero-order chi connectivity index (χ0) is 15.8. The van der Waals surface area contributed by atoms with Gasteiger partial charge in [-0.2, -0.15) is 0 Å². The van der Waals surface area contributed by atoms with Gasteiger partial charge in [0.15, 0.2) is 0 Å². The van der Waals surface area contributed by atoms with E-state index in [0.29, 0.717) is 20.9 Å². The summed E-state index contributed by atoms with van der Waals surface area (Å²) in [4.78, 5) is 0. The minimum atomic E-state index is 0.322. The van der Waals surface area contributed by atoms with Crippen molar-refractivity contribution in [2.24, 2.45) is 0 Å². The van der Waals surface area contributed by atoms with Crippen molar-refractivity contribution in [3.05, 3.63) is 0 Å². The summed E-state index contributed by atoms with van der Waals surface area (Å²) < 4.78 is 7.22. The number of hydrogen-bond acceptors (Lipinski definition) is 3. The Labute approximate surface area is 132 Å². The Morgan fingerprint density at radius 2 is 0.810 bits per heavy atom. The van der Waals surface area contributed by atoms with Crippen LogP contribution in [0.2, 0.25) is 20.5 Å². The second-order valence-corrected chi connectivity index (χ2v) is 5.19. The molecule has 0 atom stereocenters. The maximum Gasteiger partial charge on any atom is 0.288 e. The predicted octanol–water partition coefficient (Wildman–Crippen LogP) is 1.33. The number of nitrogens with zero attached hydrogens (tertiary/aromatic N) is 3. The second kappa shape index (κ2) is 8.91. The van der Waals surface area contributed by atoms with Crippen molar-refractivity contribution in [1.29, 1.82) is 0 Å². The Hall–Kier alpha value is -1.25. The average molecular weight is 279 g/mol. The van der Waals surface area contributed by atoms with Gasteiger partial charge in [-0.3, -0.25) is 0 Å². The minimum absolute atomic E-state index is 0.322. The fourth-order valence-corrected chi connectivity index (χ4v) is 2.81. The van der Waals surface area contributed by atoms with Crippen LogP contribution in [0.3, 0.4) is 0 Å². The molecule has 1 saturated heterocycles. The molecule has 108 valence electrons. The molecule has 1 heterocycles. The third-order valence-electron chi connectivity index (χ3n) is 4.19. The van der Waals surface area contributed by atoms with E-state index >= 15 is 0 Å². The summed E-state index contributed by atoms with van der Waals surface area (Å²) >= 11 is 0. The molecule has 1 rings (SSSR count). The van der Waals surface area contributed by atoms with Crippen molar-refractivity contribution in [2.75, 3.05) is 19.6 Å². The summed E-state index contributed by atoms with van der Waals surface area (Å²) in [6.07, 6.45) is 0. The SMILES string of the molecule is CC#CCN1B(C)N(CC#CC)B(C)N(CC#CC)B1C. The zero-order valence-electron chi connectivity index (χ0n) is 14.2. The first kappa shape index (κ1) is 17.8. The van der Waals surface area contributed by atoms with E-state index in [2.05, 4.69) is 70.2 Å². The highest BCUT2D eigenvalue weighted by molar-refractivity contribution is 6.85. The van der Waals surface area contributed by atoms with E-state index in [9.17, 15) is 0 Å². The Morgan fingerprint density at radius 3 is 1.00 bits per heavy atom. The van der Waals surface area contributed by atoms with Gasteiger partial charge in [-0.15, -0.1) is 17.8 Å². The van der Waals surface area contributed by atoms with E-state index in [1.165, 1.54) is 0 Å². The molecular weight excluding hydrogens is 255 g/mol. The van der Waals surface area contributed by atoms with Crippen LogP contribution in [0.5, 0.6) is 0 Å². The summed E-state index contributed by atoms with van der Waals surface area (Å²) in [5.41, 5.74) is 0. The lowest BCUT2D eigenvalue weighted by molar-refractivity contribution is 0.496. The highest BCUT2D eigenvalue weighted by Gasteiger charge is 2.45. The molecule has 3 nitrogen and oxygen atoms in total. The van der Waals surface area contributed by atoms with Crippen molar-refractivity contribution in [3.63, 3.8) is 0 Å². The molecule has 0 radical (unpaired) electrons. The van der Waals surface area contributed by atoms with Crippen molar-refractivity contribution in [1.82, 2.24) is 14.2 Å². The van der Waals surface area contributed by atoms with E-state index in [0.717, 1.165) is 19.6 Å². The molecule has 0 saturated carbocycles. The maximum atomic E-state index is 3.20. The van der Waals surface area contributed by atoms with Gasteiger partial charge in [0.2, 0.25) is 0 Å². The van der Waals surface area contributed by atoms with Crippen molar-refractivity contribution >= 4 is 20.9 Å². The largest absolute Gasteiger partial charge is 0.347 e. The molecule has 0 aromatic rings. The van der Waals surface area contributed by atoms with Gasteiger partial charge in [-0.1, -0.05) is 38.2 Å². The van der Waals surface area contributed by atoms with Crippen LogP contribution in [0.4, 0.5) is 0 Å². The first-order valence-corrected chi connectivity index (χ1v) is 7.54. The molecule has 0 aliphatic carbocycles. The fraction of sp³-hybridized carbons (Fsp3) is 0.600. The molecule has 0 aromatic heterocycles. The normalized spacial score (nSPS) is 16.6. The van der Waals surface area contributed by atoms with Crippen molar-refractivity contribution in [3.8, 4) is 35.5 Å². The lowest BCUT2D eigenvalue weighted by Crippen LogP contribution is -2.75. The summed E-state index contributed by atoms with van der Waals surface area (Å²) in [5, 5.41) is 0. The lowest BCUT2D eigenvalue weighted by atomic mass is 9.45. The maximum absolute atomic E-state index is 3.20. The van der Waals surface area contributed by atoms with Crippen molar-refractivity contribution in [2.45, 2.75) is 41.2 Å². The molecule has 0 unspecified atom stereocenters. The minimum Gasteiger partial charge on any atom is -0.347 e. The molecular formula is C15H24B3N3. The Bertz CT molecular complexity index is 429. The van der Waals surface area contributed by atoms with Crippen LogP contribution in [0.1, 0.15) is 20.8 Å². The first-order chi connectivity index (χ1) is 10.1. The van der Waals surface area contributed by atoms with Crippen LogP contribution < -0.4 is 0 Å². The van der Waals surface area contributed by atoms with Gasteiger partial charge in [0.1, 0.15) is 0 Å². The molecule has 0 N–H and O–H groups in total. The predicted molar refractivity (Wildman–Crippen MR) is 95.3 cm³/mol. The Balaban J connectivity index is 3.03. The van der Waals surface area contributed by atoms with E-state index < -0.39 is 0 Å². The van der Waals surface area contributed by atoms with Crippen LogP contribution in [0.25, 0.3) is 0 Å². The van der Waals surface area contributed by atoms with Gasteiger partial charge in [0.25, 0.3) is 20.9 Å². The lowest BCUT2D eigenvalue weighted by Gasteiger charge is -2.50. The molecule has 6 heteroatoms. The molecule has 0 spiro atoms. The van der Waals surface area contributed by atoms with Crippen LogP contribution >= 0.6 is 0 Å². The van der Waals surface area contributed by atoms with Crippen LogP contribution in [0.15, 0.2) is 0 Å². The van der Waals surface area contributed by atoms with Gasteiger partial charge in [-0.25, -0.2) is 0 Å². The smallest absolute Gasteiger partial charge is 0.288 e. The van der Waals surface area contributed by atoms with Gasteiger partial charge in [0, 0.05) is 19.6 Å². The molecule has 21 heavy (non-hydrogen) atoms. The number of hydrogen-bond donors (Lipinski definition) is 0. The van der Waals surface area contributed by atoms with E-state index in [4.69, 9.17) is 0 Å². The van der Waals surface area contributed by atoms with Crippen LogP contribution in [-0.4, -0.2) is 54.7 Å². The topological polar surface area (TPSA) is 9.72 Å². The molecule has 1 aliphatic heterocycles. The van der Waals surface area contributed by atoms with E-state index in [-0.39, 0.29) is 0 Å². The van der Waals surface area contributed by atoms with Crippen LogP contribution in [0, 0.1) is 35.5 Å². The molecule has 1 fully saturated rings. The van der Waals surface area contributed by atoms with Gasteiger partial charge >= 0.3 is 0 Å². The third kappa shape index (κ3) is 4.36. The summed E-state index contributed by atoms with van der Waals surface area (Å²) in [5.74, 6) is 18.6. The highest BCUT2D eigenvalue weighted by Crippen LogP contribution is 2.18. The molecule has 1 aliphatic rings. The Morgan fingerprint density at radius 1 is 0.571 bits per heavy atom. The van der Waals surface area contributed by atoms with Gasteiger partial charge in [-0.05, 0) is 20.8 Å². The Kier molecular flexibility index (Phi) is 7.56. The average Bonchev–Trinajstić information content (AvgIpc) is 2.47. The molecule has 0 aromatic carbocycles. The summed E-state index contributed by atoms with van der Waals surface area (Å²) in [6.45, 7) is 15.7. The third-order valence-corrected chi connectivity index (χ3v) is 4.19. The zero-order valence-corrected chi connectivity index (χ0v) is 14.2. The monoisotopic (exact) mass is 279 g/mol. The molecule has 0 bridgehead atoms. The highest BCUT2D eigenvalue weighted by atomic mass is 15.3. The first-order valence-electron chi connectivity index (χ1n) is 7.54. The second-order valence-electron chi connectivity index (χ2n) is 5.19. The number of rotatable bonds is 3. The van der Waals surface area contributed by atoms with Crippen LogP contribution in [-0.2, 0) is 0 Å². The van der Waals surface area contributed by atoms with Crippen molar-refractivity contribution < 1.29 is 0 Å². The van der Waals surface area contributed by atoms with Gasteiger partial charge in [0.05, 0.1) is 0 Å².